The summed E-state index contributed by atoms with van der Waals surface area (Å²) in [7, 11) is -3.50. The molecule has 0 aromatic heterocycles. The molecule has 0 aliphatic carbocycles. The number of benzene rings is 1. The maximum atomic E-state index is 11.8. The molecule has 1 aromatic carbocycles. The fourth-order valence-electron chi connectivity index (χ4n) is 1.67. The van der Waals surface area contributed by atoms with Gasteiger partial charge < -0.3 is 5.32 Å². The molecule has 0 saturated heterocycles. The molecule has 1 aromatic rings. The van der Waals surface area contributed by atoms with Crippen molar-refractivity contribution < 1.29 is 13.2 Å². The lowest BCUT2D eigenvalue weighted by molar-refractivity contribution is -0.120. The highest BCUT2D eigenvalue weighted by atomic mass is 32.2. The summed E-state index contributed by atoms with van der Waals surface area (Å²) in [5.41, 5.74) is 0.865. The minimum absolute atomic E-state index is 0.0354. The SMILES string of the molecule is C=CCNC(=O)CCN(c1ccc(C#N)cc1)S(C)(=O)=O. The molecule has 0 unspecified atom stereocenters. The van der Waals surface area contributed by atoms with Crippen molar-refractivity contribution in [1.82, 2.24) is 5.32 Å². The highest BCUT2D eigenvalue weighted by molar-refractivity contribution is 7.92. The molecule has 0 saturated carbocycles. The molecule has 0 fully saturated rings. The zero-order valence-corrected chi connectivity index (χ0v) is 12.6. The van der Waals surface area contributed by atoms with Gasteiger partial charge in [-0.3, -0.25) is 9.10 Å². The van der Waals surface area contributed by atoms with Gasteiger partial charge in [0.1, 0.15) is 0 Å². The van der Waals surface area contributed by atoms with Crippen LogP contribution < -0.4 is 9.62 Å². The lowest BCUT2D eigenvalue weighted by Gasteiger charge is -2.22. The third-order valence-corrected chi connectivity index (χ3v) is 3.86. The summed E-state index contributed by atoms with van der Waals surface area (Å²) < 4.78 is 24.8. The van der Waals surface area contributed by atoms with E-state index < -0.39 is 10.0 Å². The predicted molar refractivity (Wildman–Crippen MR) is 81.2 cm³/mol. The third-order valence-electron chi connectivity index (χ3n) is 2.67. The van der Waals surface area contributed by atoms with Crippen LogP contribution >= 0.6 is 0 Å². The maximum Gasteiger partial charge on any atom is 0.232 e. The molecule has 1 rings (SSSR count). The normalized spacial score (nSPS) is 10.5. The number of nitriles is 1. The van der Waals surface area contributed by atoms with Crippen molar-refractivity contribution in [3.63, 3.8) is 0 Å². The molecule has 0 aliphatic heterocycles. The van der Waals surface area contributed by atoms with Crippen LogP contribution in [0, 0.1) is 11.3 Å². The predicted octanol–water partition coefficient (Wildman–Crippen LogP) is 1.02. The van der Waals surface area contributed by atoms with Gasteiger partial charge in [0.25, 0.3) is 0 Å². The molecule has 112 valence electrons. The van der Waals surface area contributed by atoms with Crippen molar-refractivity contribution >= 4 is 21.6 Å². The monoisotopic (exact) mass is 307 g/mol. The smallest absolute Gasteiger partial charge is 0.232 e. The minimum Gasteiger partial charge on any atom is -0.353 e. The number of hydrogen-bond acceptors (Lipinski definition) is 4. The van der Waals surface area contributed by atoms with Gasteiger partial charge in [-0.15, -0.1) is 6.58 Å². The summed E-state index contributed by atoms with van der Waals surface area (Å²) in [6.45, 7) is 3.86. The Kier molecular flexibility index (Phi) is 5.93. The van der Waals surface area contributed by atoms with Crippen molar-refractivity contribution in [3.05, 3.63) is 42.5 Å². The van der Waals surface area contributed by atoms with Crippen LogP contribution in [0.3, 0.4) is 0 Å². The zero-order valence-electron chi connectivity index (χ0n) is 11.7. The average Bonchev–Trinajstić information content (AvgIpc) is 2.44. The van der Waals surface area contributed by atoms with E-state index in [4.69, 9.17) is 5.26 Å². The first kappa shape index (κ1) is 16.7. The number of nitrogens with zero attached hydrogens (tertiary/aromatic N) is 2. The molecule has 7 heteroatoms. The quantitative estimate of drug-likeness (QED) is 0.761. The molecule has 1 N–H and O–H groups in total. The molecule has 21 heavy (non-hydrogen) atoms. The highest BCUT2D eigenvalue weighted by Gasteiger charge is 2.18. The molecule has 0 radical (unpaired) electrons. The second-order valence-corrected chi connectivity index (χ2v) is 6.24. The molecule has 0 aliphatic rings. The highest BCUT2D eigenvalue weighted by Crippen LogP contribution is 2.18. The summed E-state index contributed by atoms with van der Waals surface area (Å²) in [6, 6.07) is 8.12. The summed E-state index contributed by atoms with van der Waals surface area (Å²) in [4.78, 5) is 11.5. The lowest BCUT2D eigenvalue weighted by atomic mass is 10.2. The van der Waals surface area contributed by atoms with Crippen LogP contribution in [0.1, 0.15) is 12.0 Å². The van der Waals surface area contributed by atoms with Crippen LogP contribution in [0.25, 0.3) is 0 Å². The van der Waals surface area contributed by atoms with Crippen molar-refractivity contribution in [2.45, 2.75) is 6.42 Å². The van der Waals surface area contributed by atoms with E-state index in [9.17, 15) is 13.2 Å². The number of anilines is 1. The van der Waals surface area contributed by atoms with Gasteiger partial charge in [-0.1, -0.05) is 6.08 Å². The van der Waals surface area contributed by atoms with Gasteiger partial charge in [-0.25, -0.2) is 8.42 Å². The summed E-state index contributed by atoms with van der Waals surface area (Å²) >= 11 is 0. The number of nitrogens with one attached hydrogen (secondary N) is 1. The molecule has 0 spiro atoms. The van der Waals surface area contributed by atoms with Crippen molar-refractivity contribution in [2.75, 3.05) is 23.7 Å². The Balaban J connectivity index is 2.84. The number of rotatable bonds is 7. The third kappa shape index (κ3) is 5.28. The first-order valence-electron chi connectivity index (χ1n) is 6.24. The fourth-order valence-corrected chi connectivity index (χ4v) is 2.59. The van der Waals surface area contributed by atoms with E-state index in [2.05, 4.69) is 11.9 Å². The van der Waals surface area contributed by atoms with Gasteiger partial charge in [-0.2, -0.15) is 5.26 Å². The van der Waals surface area contributed by atoms with Gasteiger partial charge in [0.15, 0.2) is 0 Å². The van der Waals surface area contributed by atoms with E-state index in [1.807, 2.05) is 6.07 Å². The zero-order chi connectivity index (χ0) is 15.9. The maximum absolute atomic E-state index is 11.8. The Bertz CT molecular complexity index is 645. The molecule has 0 bridgehead atoms. The molecular weight excluding hydrogens is 290 g/mol. The van der Waals surface area contributed by atoms with E-state index in [0.717, 1.165) is 10.6 Å². The largest absolute Gasteiger partial charge is 0.353 e. The minimum atomic E-state index is -3.50. The van der Waals surface area contributed by atoms with Gasteiger partial charge in [0, 0.05) is 19.5 Å². The van der Waals surface area contributed by atoms with Gasteiger partial charge >= 0.3 is 0 Å². The molecule has 1 amide bonds. The van der Waals surface area contributed by atoms with Crippen molar-refractivity contribution in [2.24, 2.45) is 0 Å². The van der Waals surface area contributed by atoms with Crippen LogP contribution in [-0.4, -0.2) is 33.7 Å². The number of amides is 1. The lowest BCUT2D eigenvalue weighted by Crippen LogP contribution is -2.34. The topological polar surface area (TPSA) is 90.3 Å². The van der Waals surface area contributed by atoms with Gasteiger partial charge in [-0.05, 0) is 24.3 Å². The standard InChI is InChI=1S/C14H17N3O3S/c1-3-9-16-14(18)8-10-17(21(2,19)20)13-6-4-12(11-15)5-7-13/h3-7H,1,8-10H2,2H3,(H,16,18). The van der Waals surface area contributed by atoms with Crippen LogP contribution in [-0.2, 0) is 14.8 Å². The Hall–Kier alpha value is -2.33. The van der Waals surface area contributed by atoms with Crippen molar-refractivity contribution in [1.29, 1.82) is 5.26 Å². The molecule has 6 nitrogen and oxygen atoms in total. The summed E-state index contributed by atoms with van der Waals surface area (Å²) in [5.74, 6) is -0.253. The first-order valence-corrected chi connectivity index (χ1v) is 8.09. The number of carbonyl (C=O) groups is 1. The molecule has 0 heterocycles. The van der Waals surface area contributed by atoms with Gasteiger partial charge in [0.2, 0.25) is 15.9 Å². The summed E-state index contributed by atoms with van der Waals surface area (Å²) in [5, 5.41) is 11.3. The Morgan fingerprint density at radius 3 is 2.52 bits per heavy atom. The van der Waals surface area contributed by atoms with E-state index >= 15 is 0 Å². The first-order chi connectivity index (χ1) is 9.88. The van der Waals surface area contributed by atoms with Crippen LogP contribution in [0.4, 0.5) is 5.69 Å². The number of sulfonamides is 1. The van der Waals surface area contributed by atoms with E-state index in [1.54, 1.807) is 18.2 Å². The number of carbonyl (C=O) groups excluding carboxylic acids is 1. The fraction of sp³-hybridized carbons (Fsp3) is 0.286. The number of hydrogen-bond donors (Lipinski definition) is 1. The Labute approximate surface area is 124 Å². The van der Waals surface area contributed by atoms with Crippen molar-refractivity contribution in [3.8, 4) is 6.07 Å². The summed E-state index contributed by atoms with van der Waals surface area (Å²) in [6.07, 6.45) is 2.67. The Morgan fingerprint density at radius 1 is 1.43 bits per heavy atom. The van der Waals surface area contributed by atoms with E-state index in [1.165, 1.54) is 12.1 Å². The second-order valence-electron chi connectivity index (χ2n) is 4.34. The van der Waals surface area contributed by atoms with E-state index in [0.29, 0.717) is 17.8 Å². The molecule has 0 atom stereocenters. The van der Waals surface area contributed by atoms with Crippen LogP contribution in [0.15, 0.2) is 36.9 Å². The van der Waals surface area contributed by atoms with Crippen LogP contribution in [0.2, 0.25) is 0 Å². The Morgan fingerprint density at radius 2 is 2.05 bits per heavy atom. The average molecular weight is 307 g/mol. The van der Waals surface area contributed by atoms with Crippen LogP contribution in [0.5, 0.6) is 0 Å². The van der Waals surface area contributed by atoms with E-state index in [-0.39, 0.29) is 18.9 Å². The second kappa shape index (κ2) is 7.45. The van der Waals surface area contributed by atoms with Gasteiger partial charge in [0.05, 0.1) is 23.6 Å². The molecular formula is C14H17N3O3S.